The van der Waals surface area contributed by atoms with Crippen molar-refractivity contribution in [1.29, 1.82) is 0 Å². The number of hydrogen-bond acceptors (Lipinski definition) is 4. The van der Waals surface area contributed by atoms with Crippen molar-refractivity contribution < 1.29 is 13.9 Å². The fourth-order valence-electron chi connectivity index (χ4n) is 1.34. The Kier molecular flexibility index (Phi) is 4.10. The molecular formula is C11H16N2O3. The van der Waals surface area contributed by atoms with Gasteiger partial charge in [-0.3, -0.25) is 0 Å². The van der Waals surface area contributed by atoms with Crippen molar-refractivity contribution in [2.45, 2.75) is 27.7 Å². The summed E-state index contributed by atoms with van der Waals surface area (Å²) < 4.78 is 10.1. The summed E-state index contributed by atoms with van der Waals surface area (Å²) in [4.78, 5) is 11.0. The molecule has 0 radical (unpaired) electrons. The lowest BCUT2D eigenvalue weighted by Crippen LogP contribution is -2.20. The van der Waals surface area contributed by atoms with E-state index in [4.69, 9.17) is 4.42 Å². The molecule has 0 bridgehead atoms. The van der Waals surface area contributed by atoms with Crippen LogP contribution >= 0.6 is 0 Å². The maximum Gasteiger partial charge on any atom is 0.427 e. The average molecular weight is 224 g/mol. The minimum atomic E-state index is -0.567. The Balaban J connectivity index is 2.70. The number of amides is 1. The number of hydrogen-bond donors (Lipinski definition) is 1. The van der Waals surface area contributed by atoms with E-state index in [9.17, 15) is 4.79 Å². The van der Waals surface area contributed by atoms with Crippen molar-refractivity contribution in [2.75, 3.05) is 6.61 Å². The van der Waals surface area contributed by atoms with E-state index in [2.05, 4.69) is 15.3 Å². The molecule has 0 saturated heterocycles. The Morgan fingerprint density at radius 3 is 2.75 bits per heavy atom. The zero-order valence-corrected chi connectivity index (χ0v) is 9.96. The van der Waals surface area contributed by atoms with E-state index in [1.54, 1.807) is 13.8 Å². The second-order valence-corrected chi connectivity index (χ2v) is 3.40. The van der Waals surface area contributed by atoms with E-state index in [-0.39, 0.29) is 0 Å². The van der Waals surface area contributed by atoms with Crippen LogP contribution in [0.5, 0.6) is 0 Å². The van der Waals surface area contributed by atoms with Gasteiger partial charge in [-0.1, -0.05) is 0 Å². The Morgan fingerprint density at radius 2 is 2.25 bits per heavy atom. The molecule has 1 heterocycles. The molecule has 0 aliphatic heterocycles. The SMILES string of the molecule is CCOC(=O)N/N=C(\C)c1oc(C)cc1C. The monoisotopic (exact) mass is 224 g/mol. The zero-order chi connectivity index (χ0) is 12.1. The summed E-state index contributed by atoms with van der Waals surface area (Å²) in [7, 11) is 0. The summed E-state index contributed by atoms with van der Waals surface area (Å²) in [6, 6.07) is 1.92. The number of nitrogens with one attached hydrogen (secondary N) is 1. The molecule has 1 rings (SSSR count). The third-order valence-corrected chi connectivity index (χ3v) is 1.96. The Morgan fingerprint density at radius 1 is 1.56 bits per heavy atom. The maximum atomic E-state index is 11.0. The van der Waals surface area contributed by atoms with Gasteiger partial charge >= 0.3 is 6.09 Å². The fraction of sp³-hybridized carbons (Fsp3) is 0.455. The predicted molar refractivity (Wildman–Crippen MR) is 60.6 cm³/mol. The third-order valence-electron chi connectivity index (χ3n) is 1.96. The Hall–Kier alpha value is -1.78. The van der Waals surface area contributed by atoms with Gasteiger partial charge in [-0.2, -0.15) is 5.10 Å². The third kappa shape index (κ3) is 3.12. The first-order valence-electron chi connectivity index (χ1n) is 5.09. The molecule has 0 aromatic carbocycles. The number of carbonyl (C=O) groups excluding carboxylic acids is 1. The molecule has 0 atom stereocenters. The van der Waals surface area contributed by atoms with Crippen LogP contribution in [0.15, 0.2) is 15.6 Å². The molecule has 0 unspecified atom stereocenters. The summed E-state index contributed by atoms with van der Waals surface area (Å²) in [6.07, 6.45) is -0.567. The van der Waals surface area contributed by atoms with Crippen molar-refractivity contribution in [3.8, 4) is 0 Å². The number of ether oxygens (including phenoxy) is 1. The molecule has 5 nitrogen and oxygen atoms in total. The minimum absolute atomic E-state index is 0.319. The fourth-order valence-corrected chi connectivity index (χ4v) is 1.34. The normalized spacial score (nSPS) is 11.4. The first-order chi connectivity index (χ1) is 7.54. The number of rotatable bonds is 3. The van der Waals surface area contributed by atoms with E-state index < -0.39 is 6.09 Å². The van der Waals surface area contributed by atoms with Gasteiger partial charge in [0.2, 0.25) is 0 Å². The highest BCUT2D eigenvalue weighted by atomic mass is 16.5. The van der Waals surface area contributed by atoms with Gasteiger partial charge in [0, 0.05) is 0 Å². The number of hydrazone groups is 1. The van der Waals surface area contributed by atoms with Crippen LogP contribution in [0.4, 0.5) is 4.79 Å². The van der Waals surface area contributed by atoms with Gasteiger partial charge in [-0.05, 0) is 39.3 Å². The maximum absolute atomic E-state index is 11.0. The molecule has 0 spiro atoms. The van der Waals surface area contributed by atoms with Crippen molar-refractivity contribution in [1.82, 2.24) is 5.43 Å². The van der Waals surface area contributed by atoms with Crippen LogP contribution in [-0.2, 0) is 4.74 Å². The lowest BCUT2D eigenvalue weighted by Gasteiger charge is -2.01. The largest absolute Gasteiger partial charge is 0.460 e. The molecule has 0 aliphatic carbocycles. The summed E-state index contributed by atoms with van der Waals surface area (Å²) in [5.41, 5.74) is 3.89. The first-order valence-corrected chi connectivity index (χ1v) is 5.09. The lowest BCUT2D eigenvalue weighted by atomic mass is 10.2. The summed E-state index contributed by atoms with van der Waals surface area (Å²) >= 11 is 0. The zero-order valence-electron chi connectivity index (χ0n) is 9.96. The molecule has 0 saturated carbocycles. The molecule has 1 aromatic rings. The molecule has 1 amide bonds. The second-order valence-electron chi connectivity index (χ2n) is 3.40. The number of furan rings is 1. The highest BCUT2D eigenvalue weighted by molar-refractivity contribution is 5.97. The smallest absolute Gasteiger partial charge is 0.427 e. The van der Waals surface area contributed by atoms with E-state index >= 15 is 0 Å². The second kappa shape index (κ2) is 5.34. The number of nitrogens with zero attached hydrogens (tertiary/aromatic N) is 1. The van der Waals surface area contributed by atoms with Crippen LogP contribution in [0, 0.1) is 13.8 Å². The molecule has 1 N–H and O–H groups in total. The van der Waals surface area contributed by atoms with Gasteiger partial charge in [-0.15, -0.1) is 0 Å². The number of carbonyl (C=O) groups is 1. The lowest BCUT2D eigenvalue weighted by molar-refractivity contribution is 0.152. The van der Waals surface area contributed by atoms with Crippen LogP contribution in [0.3, 0.4) is 0 Å². The molecule has 16 heavy (non-hydrogen) atoms. The van der Waals surface area contributed by atoms with E-state index in [0.29, 0.717) is 18.1 Å². The van der Waals surface area contributed by atoms with Crippen molar-refractivity contribution in [3.05, 3.63) is 23.2 Å². The highest BCUT2D eigenvalue weighted by Crippen LogP contribution is 2.14. The topological polar surface area (TPSA) is 63.8 Å². The van der Waals surface area contributed by atoms with Gasteiger partial charge in [0.05, 0.1) is 6.61 Å². The molecular weight excluding hydrogens is 208 g/mol. The van der Waals surface area contributed by atoms with Crippen LogP contribution in [0.2, 0.25) is 0 Å². The van der Waals surface area contributed by atoms with Crippen LogP contribution in [0.25, 0.3) is 0 Å². The number of aryl methyl sites for hydroxylation is 2. The first kappa shape index (κ1) is 12.3. The Labute approximate surface area is 94.5 Å². The van der Waals surface area contributed by atoms with Gasteiger partial charge in [-0.25, -0.2) is 10.2 Å². The van der Waals surface area contributed by atoms with Crippen molar-refractivity contribution in [2.24, 2.45) is 5.10 Å². The molecule has 5 heteroatoms. The van der Waals surface area contributed by atoms with Crippen LogP contribution in [-0.4, -0.2) is 18.4 Å². The Bertz CT molecular complexity index is 407. The van der Waals surface area contributed by atoms with Gasteiger partial charge < -0.3 is 9.15 Å². The van der Waals surface area contributed by atoms with Crippen molar-refractivity contribution >= 4 is 11.8 Å². The molecule has 0 fully saturated rings. The van der Waals surface area contributed by atoms with E-state index in [1.165, 1.54) is 0 Å². The van der Waals surface area contributed by atoms with Gasteiger partial charge in [0.25, 0.3) is 0 Å². The van der Waals surface area contributed by atoms with Crippen LogP contribution in [0.1, 0.15) is 30.9 Å². The predicted octanol–water partition coefficient (Wildman–Crippen LogP) is 2.37. The van der Waals surface area contributed by atoms with Crippen molar-refractivity contribution in [3.63, 3.8) is 0 Å². The van der Waals surface area contributed by atoms with Crippen LogP contribution < -0.4 is 5.43 Å². The quantitative estimate of drug-likeness (QED) is 0.633. The molecule has 88 valence electrons. The summed E-state index contributed by atoms with van der Waals surface area (Å²) in [6.45, 7) is 7.60. The van der Waals surface area contributed by atoms with E-state index in [1.807, 2.05) is 19.9 Å². The average Bonchev–Trinajstić information content (AvgIpc) is 2.55. The highest BCUT2D eigenvalue weighted by Gasteiger charge is 2.08. The molecule has 1 aromatic heterocycles. The van der Waals surface area contributed by atoms with Gasteiger partial charge in [0.1, 0.15) is 11.5 Å². The standard InChI is InChI=1S/C11H16N2O3/c1-5-15-11(14)13-12-9(4)10-7(2)6-8(3)16-10/h6H,5H2,1-4H3,(H,13,14)/b12-9+. The van der Waals surface area contributed by atoms with Gasteiger partial charge in [0.15, 0.2) is 5.76 Å². The molecule has 0 aliphatic rings. The summed E-state index contributed by atoms with van der Waals surface area (Å²) in [5, 5.41) is 3.89. The minimum Gasteiger partial charge on any atom is -0.460 e. The van der Waals surface area contributed by atoms with E-state index in [0.717, 1.165) is 11.3 Å². The summed E-state index contributed by atoms with van der Waals surface area (Å²) in [5.74, 6) is 1.49.